The van der Waals surface area contributed by atoms with E-state index in [2.05, 4.69) is 4.74 Å². The standard InChI is InChI=1S/C13H15F3O2/c1-12(2)7-10(12)11(17)8-4-3-5-9(6-8)18-13(14,15)16/h3-6,10-11,17H,7H2,1-2H3. The Balaban J connectivity index is 2.13. The van der Waals surface area contributed by atoms with Crippen molar-refractivity contribution in [3.8, 4) is 5.75 Å². The first-order chi connectivity index (χ1) is 8.19. The number of halogens is 3. The van der Waals surface area contributed by atoms with Crippen LogP contribution >= 0.6 is 0 Å². The van der Waals surface area contributed by atoms with Crippen LogP contribution in [0.5, 0.6) is 5.75 Å². The van der Waals surface area contributed by atoms with E-state index in [1.54, 1.807) is 6.07 Å². The maximum Gasteiger partial charge on any atom is 0.573 e. The lowest BCUT2D eigenvalue weighted by Crippen LogP contribution is -2.17. The highest BCUT2D eigenvalue weighted by Crippen LogP contribution is 2.57. The SMILES string of the molecule is CC1(C)CC1C(O)c1cccc(OC(F)(F)F)c1. The molecular weight excluding hydrogens is 245 g/mol. The molecule has 0 heterocycles. The smallest absolute Gasteiger partial charge is 0.406 e. The van der Waals surface area contributed by atoms with Gasteiger partial charge in [-0.1, -0.05) is 26.0 Å². The van der Waals surface area contributed by atoms with Crippen LogP contribution in [0.3, 0.4) is 0 Å². The molecule has 0 amide bonds. The molecule has 0 spiro atoms. The summed E-state index contributed by atoms with van der Waals surface area (Å²) in [6.07, 6.45) is -4.57. The molecule has 1 aliphatic rings. The number of hydrogen-bond donors (Lipinski definition) is 1. The van der Waals surface area contributed by atoms with Crippen LogP contribution in [0, 0.1) is 11.3 Å². The summed E-state index contributed by atoms with van der Waals surface area (Å²) in [4.78, 5) is 0. The Kier molecular flexibility index (Phi) is 3.05. The Morgan fingerprint density at radius 3 is 2.50 bits per heavy atom. The van der Waals surface area contributed by atoms with E-state index in [1.165, 1.54) is 18.2 Å². The summed E-state index contributed by atoms with van der Waals surface area (Å²) in [5.74, 6) is -0.198. The van der Waals surface area contributed by atoms with Gasteiger partial charge < -0.3 is 9.84 Å². The van der Waals surface area contributed by atoms with Crippen molar-refractivity contribution in [1.82, 2.24) is 0 Å². The summed E-state index contributed by atoms with van der Waals surface area (Å²) in [6.45, 7) is 4.05. The van der Waals surface area contributed by atoms with Gasteiger partial charge in [0.25, 0.3) is 0 Å². The number of ether oxygens (including phenoxy) is 1. The van der Waals surface area contributed by atoms with Gasteiger partial charge in [-0.2, -0.15) is 0 Å². The first-order valence-electron chi connectivity index (χ1n) is 5.73. The fourth-order valence-electron chi connectivity index (χ4n) is 2.17. The zero-order valence-electron chi connectivity index (χ0n) is 10.2. The molecule has 1 aromatic rings. The fraction of sp³-hybridized carbons (Fsp3) is 0.538. The van der Waals surface area contributed by atoms with Crippen LogP contribution in [0.15, 0.2) is 24.3 Å². The van der Waals surface area contributed by atoms with Crippen molar-refractivity contribution in [2.24, 2.45) is 11.3 Å². The van der Waals surface area contributed by atoms with Gasteiger partial charge in [0.05, 0.1) is 6.10 Å². The molecule has 2 unspecified atom stereocenters. The van der Waals surface area contributed by atoms with Crippen LogP contribution in [0.2, 0.25) is 0 Å². The van der Waals surface area contributed by atoms with E-state index >= 15 is 0 Å². The Hall–Kier alpha value is -1.23. The highest BCUT2D eigenvalue weighted by molar-refractivity contribution is 5.31. The monoisotopic (exact) mass is 260 g/mol. The molecule has 0 radical (unpaired) electrons. The lowest BCUT2D eigenvalue weighted by atomic mass is 9.99. The summed E-state index contributed by atoms with van der Waals surface area (Å²) < 4.78 is 40.1. The maximum absolute atomic E-state index is 12.1. The summed E-state index contributed by atoms with van der Waals surface area (Å²) in [5.41, 5.74) is 0.521. The van der Waals surface area contributed by atoms with Crippen molar-refractivity contribution in [2.75, 3.05) is 0 Å². The van der Waals surface area contributed by atoms with E-state index in [1.807, 2.05) is 13.8 Å². The molecule has 100 valence electrons. The molecule has 0 aromatic heterocycles. The Morgan fingerprint density at radius 2 is 2.00 bits per heavy atom. The second-order valence-corrected chi connectivity index (χ2v) is 5.36. The van der Waals surface area contributed by atoms with Gasteiger partial charge in [-0.3, -0.25) is 0 Å². The molecule has 18 heavy (non-hydrogen) atoms. The lowest BCUT2D eigenvalue weighted by molar-refractivity contribution is -0.274. The Labute approximate surface area is 103 Å². The molecular formula is C13H15F3O2. The van der Waals surface area contributed by atoms with Gasteiger partial charge in [0.15, 0.2) is 0 Å². The quantitative estimate of drug-likeness (QED) is 0.898. The molecule has 1 saturated carbocycles. The topological polar surface area (TPSA) is 29.5 Å². The number of hydrogen-bond acceptors (Lipinski definition) is 2. The van der Waals surface area contributed by atoms with E-state index in [4.69, 9.17) is 0 Å². The van der Waals surface area contributed by atoms with Crippen molar-refractivity contribution in [2.45, 2.75) is 32.7 Å². The van der Waals surface area contributed by atoms with Gasteiger partial charge in [-0.25, -0.2) is 0 Å². The fourth-order valence-corrected chi connectivity index (χ4v) is 2.17. The van der Waals surface area contributed by atoms with Crippen molar-refractivity contribution in [3.63, 3.8) is 0 Å². The second-order valence-electron chi connectivity index (χ2n) is 5.36. The Bertz CT molecular complexity index is 440. The lowest BCUT2D eigenvalue weighted by Gasteiger charge is -2.15. The minimum Gasteiger partial charge on any atom is -0.406 e. The first kappa shape index (κ1) is 13.2. The van der Waals surface area contributed by atoms with Gasteiger partial charge in [-0.05, 0) is 35.4 Å². The molecule has 2 nitrogen and oxygen atoms in total. The summed E-state index contributed by atoms with van der Waals surface area (Å²) in [7, 11) is 0. The van der Waals surface area contributed by atoms with Crippen LogP contribution in [0.1, 0.15) is 31.9 Å². The summed E-state index contributed by atoms with van der Waals surface area (Å²) >= 11 is 0. The van der Waals surface area contributed by atoms with Crippen molar-refractivity contribution in [1.29, 1.82) is 0 Å². The average molecular weight is 260 g/mol. The molecule has 1 N–H and O–H groups in total. The van der Waals surface area contributed by atoms with Crippen LogP contribution in [0.25, 0.3) is 0 Å². The summed E-state index contributed by atoms with van der Waals surface area (Å²) in [5, 5.41) is 10.1. The minimum absolute atomic E-state index is 0.0559. The van der Waals surface area contributed by atoms with E-state index in [0.717, 1.165) is 6.42 Å². The van der Waals surface area contributed by atoms with Crippen LogP contribution in [0.4, 0.5) is 13.2 Å². The normalized spacial score (nSPS) is 23.6. The second kappa shape index (κ2) is 4.16. The Morgan fingerprint density at radius 1 is 1.39 bits per heavy atom. The minimum atomic E-state index is -4.71. The third-order valence-corrected chi connectivity index (χ3v) is 3.40. The predicted molar refractivity (Wildman–Crippen MR) is 60.0 cm³/mol. The summed E-state index contributed by atoms with van der Waals surface area (Å²) in [6, 6.07) is 5.53. The first-order valence-corrected chi connectivity index (χ1v) is 5.73. The molecule has 0 bridgehead atoms. The van der Waals surface area contributed by atoms with Gasteiger partial charge in [-0.15, -0.1) is 13.2 Å². The number of aliphatic hydroxyl groups excluding tert-OH is 1. The van der Waals surface area contributed by atoms with Crippen molar-refractivity contribution < 1.29 is 23.0 Å². The van der Waals surface area contributed by atoms with E-state index < -0.39 is 12.5 Å². The number of aliphatic hydroxyl groups is 1. The molecule has 1 aromatic carbocycles. The predicted octanol–water partition coefficient (Wildman–Crippen LogP) is 3.66. The van der Waals surface area contributed by atoms with Crippen molar-refractivity contribution in [3.05, 3.63) is 29.8 Å². The molecule has 2 rings (SSSR count). The molecule has 5 heteroatoms. The van der Waals surface area contributed by atoms with E-state index in [-0.39, 0.29) is 17.1 Å². The largest absolute Gasteiger partial charge is 0.573 e. The maximum atomic E-state index is 12.1. The van der Waals surface area contributed by atoms with Gasteiger partial charge in [0.2, 0.25) is 0 Å². The number of alkyl halides is 3. The molecule has 2 atom stereocenters. The van der Waals surface area contributed by atoms with Crippen LogP contribution in [-0.2, 0) is 0 Å². The van der Waals surface area contributed by atoms with Crippen molar-refractivity contribution >= 4 is 0 Å². The van der Waals surface area contributed by atoms with E-state index in [9.17, 15) is 18.3 Å². The molecule has 1 aliphatic carbocycles. The highest BCUT2D eigenvalue weighted by Gasteiger charge is 2.50. The zero-order valence-corrected chi connectivity index (χ0v) is 10.2. The number of rotatable bonds is 3. The van der Waals surface area contributed by atoms with Gasteiger partial charge in [0.1, 0.15) is 5.75 Å². The number of benzene rings is 1. The van der Waals surface area contributed by atoms with Crippen LogP contribution < -0.4 is 4.74 Å². The zero-order chi connectivity index (χ0) is 13.6. The average Bonchev–Trinajstić information content (AvgIpc) is 2.84. The van der Waals surface area contributed by atoms with Crippen LogP contribution in [-0.4, -0.2) is 11.5 Å². The highest BCUT2D eigenvalue weighted by atomic mass is 19.4. The molecule has 0 aliphatic heterocycles. The molecule has 0 saturated heterocycles. The van der Waals surface area contributed by atoms with Gasteiger partial charge in [0, 0.05) is 0 Å². The van der Waals surface area contributed by atoms with E-state index in [0.29, 0.717) is 5.56 Å². The third-order valence-electron chi connectivity index (χ3n) is 3.40. The third kappa shape index (κ3) is 2.96. The van der Waals surface area contributed by atoms with Gasteiger partial charge >= 0.3 is 6.36 Å². The molecule has 1 fully saturated rings.